The van der Waals surface area contributed by atoms with Crippen molar-refractivity contribution in [3.63, 3.8) is 0 Å². The Bertz CT molecular complexity index is 466. The third-order valence-electron chi connectivity index (χ3n) is 4.22. The maximum absolute atomic E-state index is 12.3. The third kappa shape index (κ3) is 8.48. The van der Waals surface area contributed by atoms with Gasteiger partial charge in [-0.1, -0.05) is 0 Å². The van der Waals surface area contributed by atoms with Crippen LogP contribution in [0.5, 0.6) is 0 Å². The Balaban J connectivity index is 2.22. The molecule has 0 aromatic heterocycles. The van der Waals surface area contributed by atoms with Gasteiger partial charge in [0, 0.05) is 12.3 Å². The number of hydrogen-bond acceptors (Lipinski definition) is 6. The number of carbonyl (C=O) groups is 3. The van der Waals surface area contributed by atoms with Gasteiger partial charge in [0.25, 0.3) is 0 Å². The van der Waals surface area contributed by atoms with Gasteiger partial charge in [-0.2, -0.15) is 12.6 Å². The Hall–Kier alpha value is -1.42. The molecule has 0 radical (unpaired) electrons. The van der Waals surface area contributed by atoms with Crippen molar-refractivity contribution in [2.45, 2.75) is 32.1 Å². The van der Waals surface area contributed by atoms with Crippen molar-refractivity contribution in [2.75, 3.05) is 31.9 Å². The molecule has 2 atom stereocenters. The SMILES string of the molecule is N=BNC(=O)[C@@H]1CCCCC1C(=O)NCCNCCC(=O)NCCS. The number of rotatable bonds is 11. The average Bonchev–Trinajstić information content (AvgIpc) is 2.62. The van der Waals surface area contributed by atoms with Crippen LogP contribution in [0.25, 0.3) is 0 Å². The molecule has 1 aliphatic rings. The summed E-state index contributed by atoms with van der Waals surface area (Å²) in [6, 6.07) is 0. The minimum Gasteiger partial charge on any atom is -0.355 e. The molecule has 8 nitrogen and oxygen atoms in total. The Morgan fingerprint density at radius 1 is 0.960 bits per heavy atom. The van der Waals surface area contributed by atoms with Crippen molar-refractivity contribution >= 4 is 37.6 Å². The Labute approximate surface area is 154 Å². The molecule has 5 N–H and O–H groups in total. The van der Waals surface area contributed by atoms with Crippen LogP contribution < -0.4 is 21.2 Å². The van der Waals surface area contributed by atoms with E-state index < -0.39 is 0 Å². The van der Waals surface area contributed by atoms with Gasteiger partial charge in [0.2, 0.25) is 0 Å². The number of amides is 3. The second-order valence-electron chi connectivity index (χ2n) is 6.01. The van der Waals surface area contributed by atoms with Crippen LogP contribution in [0.2, 0.25) is 0 Å². The van der Waals surface area contributed by atoms with Crippen molar-refractivity contribution in [1.82, 2.24) is 21.2 Å². The number of thiol groups is 1. The average molecular weight is 369 g/mol. The van der Waals surface area contributed by atoms with Gasteiger partial charge in [-0.3, -0.25) is 4.79 Å². The first-order valence-corrected chi connectivity index (χ1v) is 9.38. The monoisotopic (exact) mass is 369 g/mol. The summed E-state index contributed by atoms with van der Waals surface area (Å²) in [7, 11) is 0.863. The van der Waals surface area contributed by atoms with Crippen molar-refractivity contribution in [1.29, 1.82) is 5.31 Å². The molecule has 0 aromatic carbocycles. The molecule has 1 saturated carbocycles. The number of carbonyl (C=O) groups excluding carboxylic acids is 3. The molecule has 0 bridgehead atoms. The van der Waals surface area contributed by atoms with Gasteiger partial charge >= 0.3 is 119 Å². The van der Waals surface area contributed by atoms with Crippen LogP contribution in [-0.4, -0.2) is 56.9 Å². The fourth-order valence-corrected chi connectivity index (χ4v) is 3.06. The predicted molar refractivity (Wildman–Crippen MR) is 99.4 cm³/mol. The molecule has 1 aliphatic carbocycles. The van der Waals surface area contributed by atoms with Gasteiger partial charge in [-0.25, -0.2) is 0 Å². The molecular weight excluding hydrogens is 341 g/mol. The van der Waals surface area contributed by atoms with E-state index in [2.05, 4.69) is 33.8 Å². The van der Waals surface area contributed by atoms with E-state index in [0.29, 0.717) is 51.2 Å². The molecule has 0 saturated heterocycles. The van der Waals surface area contributed by atoms with Gasteiger partial charge in [0.1, 0.15) is 0 Å². The minimum atomic E-state index is -0.362. The molecule has 0 spiro atoms. The van der Waals surface area contributed by atoms with Crippen LogP contribution in [0.3, 0.4) is 0 Å². The molecular formula is C15H28BN5O3S. The van der Waals surface area contributed by atoms with Gasteiger partial charge in [0.15, 0.2) is 0 Å². The molecule has 10 heteroatoms. The fraction of sp³-hybridized carbons (Fsp3) is 0.800. The zero-order valence-corrected chi connectivity index (χ0v) is 15.4. The summed E-state index contributed by atoms with van der Waals surface area (Å²) in [5, 5.41) is 18.0. The van der Waals surface area contributed by atoms with Gasteiger partial charge in [-0.15, -0.1) is 0 Å². The quantitative estimate of drug-likeness (QED) is 0.166. The Kier molecular flexibility index (Phi) is 11.1. The summed E-state index contributed by atoms with van der Waals surface area (Å²) in [5.41, 5.74) is 0. The first-order chi connectivity index (χ1) is 12.1. The first-order valence-electron chi connectivity index (χ1n) is 8.75. The van der Waals surface area contributed by atoms with Crippen LogP contribution in [-0.2, 0) is 14.4 Å². The third-order valence-corrected chi connectivity index (χ3v) is 4.44. The van der Waals surface area contributed by atoms with Gasteiger partial charge < -0.3 is 5.32 Å². The van der Waals surface area contributed by atoms with E-state index in [1.165, 1.54) is 0 Å². The summed E-state index contributed by atoms with van der Waals surface area (Å²) < 4.78 is 0. The van der Waals surface area contributed by atoms with Crippen LogP contribution in [0.1, 0.15) is 32.1 Å². The Morgan fingerprint density at radius 3 is 2.28 bits per heavy atom. The first kappa shape index (κ1) is 21.6. The van der Waals surface area contributed by atoms with E-state index in [-0.39, 0.29) is 29.6 Å². The number of nitrogens with one attached hydrogen (secondary N) is 5. The zero-order chi connectivity index (χ0) is 18.5. The predicted octanol–water partition coefficient (Wildman–Crippen LogP) is -0.568. The topological polar surface area (TPSA) is 123 Å². The van der Waals surface area contributed by atoms with E-state index in [9.17, 15) is 14.4 Å². The molecule has 3 amide bonds. The summed E-state index contributed by atoms with van der Waals surface area (Å²) in [6.45, 7) is 2.12. The summed E-state index contributed by atoms with van der Waals surface area (Å²) in [6.07, 6.45) is 3.62. The number of hydrogen-bond donors (Lipinski definition) is 6. The second kappa shape index (κ2) is 12.9. The van der Waals surface area contributed by atoms with Crippen LogP contribution in [0, 0.1) is 17.1 Å². The molecule has 25 heavy (non-hydrogen) atoms. The van der Waals surface area contributed by atoms with Gasteiger partial charge in [-0.05, 0) is 0 Å². The molecule has 1 fully saturated rings. The molecule has 0 aliphatic heterocycles. The van der Waals surface area contributed by atoms with Crippen LogP contribution in [0.15, 0.2) is 0 Å². The Morgan fingerprint density at radius 2 is 1.64 bits per heavy atom. The standard InChI is InChI=1S/C15H28BN5O3S/c17-16-21-15(24)12-4-2-1-3-11(12)14(23)20-8-7-18-6-5-13(22)19-9-10-25/h11-12,17-18,25H,1-10H2,(H,19,22)(H,20,23)(H,21,24)/t11?,12-/m1/s1. The van der Waals surface area contributed by atoms with E-state index in [4.69, 9.17) is 5.31 Å². The fourth-order valence-electron chi connectivity index (χ4n) is 2.95. The second-order valence-corrected chi connectivity index (χ2v) is 6.46. The minimum absolute atomic E-state index is 0.0205. The molecule has 0 aromatic rings. The molecule has 140 valence electrons. The normalized spacial score (nSPS) is 19.6. The van der Waals surface area contributed by atoms with E-state index in [0.717, 1.165) is 20.0 Å². The molecule has 1 rings (SSSR count). The van der Waals surface area contributed by atoms with Gasteiger partial charge in [0.05, 0.1) is 0 Å². The molecule has 0 heterocycles. The summed E-state index contributed by atoms with van der Waals surface area (Å²) >= 11 is 4.02. The van der Waals surface area contributed by atoms with Crippen LogP contribution in [0.4, 0.5) is 0 Å². The van der Waals surface area contributed by atoms with Crippen molar-refractivity contribution < 1.29 is 14.4 Å². The van der Waals surface area contributed by atoms with Crippen LogP contribution >= 0.6 is 12.6 Å². The zero-order valence-electron chi connectivity index (χ0n) is 14.5. The van der Waals surface area contributed by atoms with E-state index in [1.54, 1.807) is 0 Å². The maximum atomic E-state index is 12.3. The summed E-state index contributed by atoms with van der Waals surface area (Å²) in [4.78, 5) is 35.7. The molecule has 1 unspecified atom stereocenters. The van der Waals surface area contributed by atoms with Crippen molar-refractivity contribution in [2.24, 2.45) is 11.8 Å². The summed E-state index contributed by atoms with van der Waals surface area (Å²) in [5.74, 6) is -0.462. The smallest absolute Gasteiger partial charge is 0.355 e. The van der Waals surface area contributed by atoms with E-state index in [1.807, 2.05) is 0 Å². The van der Waals surface area contributed by atoms with Crippen molar-refractivity contribution in [3.05, 3.63) is 0 Å². The van der Waals surface area contributed by atoms with Crippen molar-refractivity contribution in [3.8, 4) is 0 Å². The van der Waals surface area contributed by atoms with E-state index >= 15 is 0 Å².